The Kier molecular flexibility index (Phi) is 4.30. The molecule has 3 heteroatoms. The molecule has 112 valence electrons. The Morgan fingerprint density at radius 2 is 2.14 bits per heavy atom. The van der Waals surface area contributed by atoms with Crippen molar-refractivity contribution in [1.29, 1.82) is 0 Å². The third-order valence-corrected chi connectivity index (χ3v) is 4.33. The molecular weight excluding hydrogens is 262 g/mol. The number of hydrogen-bond donors (Lipinski definition) is 1. The number of hydrogen-bond acceptors (Lipinski definition) is 3. The molecule has 2 heterocycles. The molecule has 0 fully saturated rings. The maximum Gasteiger partial charge on any atom is 0.122 e. The Morgan fingerprint density at radius 1 is 1.29 bits per heavy atom. The normalized spacial score (nSPS) is 18.9. The monoisotopic (exact) mass is 285 g/mol. The highest BCUT2D eigenvalue weighted by Crippen LogP contribution is 2.39. The fourth-order valence-corrected chi connectivity index (χ4v) is 3.27. The van der Waals surface area contributed by atoms with Crippen molar-refractivity contribution >= 4 is 0 Å². The van der Waals surface area contributed by atoms with Crippen LogP contribution in [-0.4, -0.2) is 13.2 Å². The molecule has 1 aromatic heterocycles. The zero-order chi connectivity index (χ0) is 14.7. The summed E-state index contributed by atoms with van der Waals surface area (Å²) >= 11 is 0. The minimum atomic E-state index is 0.338. The summed E-state index contributed by atoms with van der Waals surface area (Å²) < 4.78 is 11.3. The van der Waals surface area contributed by atoms with Crippen LogP contribution in [0.2, 0.25) is 0 Å². The molecule has 3 rings (SSSR count). The number of furan rings is 1. The average Bonchev–Trinajstić information content (AvgIpc) is 2.93. The number of para-hydroxylation sites is 1. The van der Waals surface area contributed by atoms with E-state index in [9.17, 15) is 0 Å². The smallest absolute Gasteiger partial charge is 0.122 e. The molecule has 1 N–H and O–H groups in total. The topological polar surface area (TPSA) is 34.4 Å². The molecule has 3 nitrogen and oxygen atoms in total. The minimum absolute atomic E-state index is 0.338. The van der Waals surface area contributed by atoms with Gasteiger partial charge in [-0.3, -0.25) is 0 Å². The first-order chi connectivity index (χ1) is 10.3. The summed E-state index contributed by atoms with van der Waals surface area (Å²) in [5, 5.41) is 3.60. The van der Waals surface area contributed by atoms with Crippen molar-refractivity contribution in [3.05, 3.63) is 53.5 Å². The molecule has 2 unspecified atom stereocenters. The second-order valence-electron chi connectivity index (χ2n) is 5.65. The van der Waals surface area contributed by atoms with Crippen LogP contribution in [-0.2, 0) is 0 Å². The molecule has 0 radical (unpaired) electrons. The van der Waals surface area contributed by atoms with Crippen LogP contribution in [0.1, 0.15) is 48.6 Å². The van der Waals surface area contributed by atoms with E-state index in [2.05, 4.69) is 36.5 Å². The van der Waals surface area contributed by atoms with Gasteiger partial charge >= 0.3 is 0 Å². The van der Waals surface area contributed by atoms with Crippen LogP contribution in [0.25, 0.3) is 0 Å². The maximum absolute atomic E-state index is 5.77. The number of aryl methyl sites for hydroxylation is 1. The van der Waals surface area contributed by atoms with E-state index in [1.807, 2.05) is 13.0 Å². The van der Waals surface area contributed by atoms with Gasteiger partial charge in [-0.2, -0.15) is 0 Å². The van der Waals surface area contributed by atoms with Crippen LogP contribution in [0, 0.1) is 6.92 Å². The highest BCUT2D eigenvalue weighted by Gasteiger charge is 2.26. The van der Waals surface area contributed by atoms with Crippen molar-refractivity contribution in [1.82, 2.24) is 5.32 Å². The van der Waals surface area contributed by atoms with E-state index in [0.29, 0.717) is 12.0 Å². The van der Waals surface area contributed by atoms with Gasteiger partial charge in [0.25, 0.3) is 0 Å². The predicted octanol–water partition coefficient (Wildman–Crippen LogP) is 4.20. The summed E-state index contributed by atoms with van der Waals surface area (Å²) in [6.45, 7) is 5.96. The van der Waals surface area contributed by atoms with Gasteiger partial charge in [-0.1, -0.05) is 25.1 Å². The Hall–Kier alpha value is -1.74. The van der Waals surface area contributed by atoms with Crippen molar-refractivity contribution in [2.75, 3.05) is 13.2 Å². The van der Waals surface area contributed by atoms with Crippen LogP contribution in [0.5, 0.6) is 5.75 Å². The first-order valence-corrected chi connectivity index (χ1v) is 7.78. The Morgan fingerprint density at radius 3 is 2.90 bits per heavy atom. The van der Waals surface area contributed by atoms with Gasteiger partial charge < -0.3 is 14.5 Å². The van der Waals surface area contributed by atoms with Crippen LogP contribution < -0.4 is 10.1 Å². The van der Waals surface area contributed by atoms with Gasteiger partial charge in [0.1, 0.15) is 11.5 Å². The fourth-order valence-electron chi connectivity index (χ4n) is 3.27. The van der Waals surface area contributed by atoms with Gasteiger partial charge in [0.2, 0.25) is 0 Å². The molecule has 0 aliphatic carbocycles. The van der Waals surface area contributed by atoms with Gasteiger partial charge in [0.15, 0.2) is 0 Å². The number of nitrogens with one attached hydrogen (secondary N) is 1. The molecule has 21 heavy (non-hydrogen) atoms. The SMILES string of the molecule is CCNC(CC1CCOc2ccccc21)c1ccoc1C. The molecule has 1 aliphatic rings. The van der Waals surface area contributed by atoms with Gasteiger partial charge in [0.05, 0.1) is 12.9 Å². The average molecular weight is 285 g/mol. The molecule has 2 aromatic rings. The standard InChI is InChI=1S/C18H23NO2/c1-3-19-17(15-9-11-20-13(15)2)12-14-8-10-21-18-7-5-4-6-16(14)18/h4-7,9,11,14,17,19H,3,8,10,12H2,1-2H3. The van der Waals surface area contributed by atoms with Crippen molar-refractivity contribution in [2.24, 2.45) is 0 Å². The molecule has 0 amide bonds. The first kappa shape index (κ1) is 14.2. The molecule has 0 spiro atoms. The second-order valence-corrected chi connectivity index (χ2v) is 5.65. The van der Waals surface area contributed by atoms with E-state index in [-0.39, 0.29) is 0 Å². The number of fused-ring (bicyclic) bond motifs is 1. The minimum Gasteiger partial charge on any atom is -0.493 e. The number of ether oxygens (including phenoxy) is 1. The molecule has 1 aromatic carbocycles. The summed E-state index contributed by atoms with van der Waals surface area (Å²) in [7, 11) is 0. The van der Waals surface area contributed by atoms with E-state index in [1.54, 1.807) is 6.26 Å². The van der Waals surface area contributed by atoms with Gasteiger partial charge in [-0.05, 0) is 49.9 Å². The molecule has 0 saturated heterocycles. The van der Waals surface area contributed by atoms with E-state index in [4.69, 9.17) is 9.15 Å². The van der Waals surface area contributed by atoms with Crippen LogP contribution in [0.4, 0.5) is 0 Å². The summed E-state index contributed by atoms with van der Waals surface area (Å²) in [5.74, 6) is 2.60. The lowest BCUT2D eigenvalue weighted by atomic mass is 9.85. The van der Waals surface area contributed by atoms with Crippen molar-refractivity contribution in [3.8, 4) is 5.75 Å². The third kappa shape index (κ3) is 2.98. The first-order valence-electron chi connectivity index (χ1n) is 7.78. The summed E-state index contributed by atoms with van der Waals surface area (Å²) in [5.41, 5.74) is 2.62. The molecule has 0 bridgehead atoms. The van der Waals surface area contributed by atoms with Gasteiger partial charge in [-0.25, -0.2) is 0 Å². The van der Waals surface area contributed by atoms with Crippen LogP contribution >= 0.6 is 0 Å². The van der Waals surface area contributed by atoms with E-state index >= 15 is 0 Å². The van der Waals surface area contributed by atoms with Gasteiger partial charge in [-0.15, -0.1) is 0 Å². The Labute approximate surface area is 126 Å². The molecular formula is C18H23NO2. The summed E-state index contributed by atoms with van der Waals surface area (Å²) in [6, 6.07) is 10.9. The van der Waals surface area contributed by atoms with Crippen molar-refractivity contribution in [3.63, 3.8) is 0 Å². The van der Waals surface area contributed by atoms with E-state index in [0.717, 1.165) is 37.5 Å². The second kappa shape index (κ2) is 6.35. The quantitative estimate of drug-likeness (QED) is 0.894. The summed E-state index contributed by atoms with van der Waals surface area (Å²) in [6.07, 6.45) is 3.94. The molecule has 1 aliphatic heterocycles. The zero-order valence-electron chi connectivity index (χ0n) is 12.8. The van der Waals surface area contributed by atoms with E-state index < -0.39 is 0 Å². The van der Waals surface area contributed by atoms with Crippen molar-refractivity contribution in [2.45, 2.75) is 38.6 Å². The maximum atomic E-state index is 5.77. The number of rotatable bonds is 5. The highest BCUT2D eigenvalue weighted by atomic mass is 16.5. The predicted molar refractivity (Wildman–Crippen MR) is 83.8 cm³/mol. The molecule has 2 atom stereocenters. The van der Waals surface area contributed by atoms with Crippen LogP contribution in [0.3, 0.4) is 0 Å². The summed E-state index contributed by atoms with van der Waals surface area (Å²) in [4.78, 5) is 0. The molecule has 0 saturated carbocycles. The lowest BCUT2D eigenvalue weighted by Crippen LogP contribution is -2.25. The highest BCUT2D eigenvalue weighted by molar-refractivity contribution is 5.38. The Balaban J connectivity index is 1.83. The van der Waals surface area contributed by atoms with Crippen LogP contribution in [0.15, 0.2) is 41.0 Å². The Bertz CT molecular complexity index is 590. The zero-order valence-corrected chi connectivity index (χ0v) is 12.8. The largest absolute Gasteiger partial charge is 0.493 e. The van der Waals surface area contributed by atoms with Crippen molar-refractivity contribution < 1.29 is 9.15 Å². The van der Waals surface area contributed by atoms with E-state index in [1.165, 1.54) is 11.1 Å². The fraction of sp³-hybridized carbons (Fsp3) is 0.444. The van der Waals surface area contributed by atoms with Gasteiger partial charge in [0, 0.05) is 11.6 Å². The lowest BCUT2D eigenvalue weighted by molar-refractivity contribution is 0.255. The third-order valence-electron chi connectivity index (χ3n) is 4.33. The number of benzene rings is 1. The lowest BCUT2D eigenvalue weighted by Gasteiger charge is -2.29.